The summed E-state index contributed by atoms with van der Waals surface area (Å²) < 4.78 is 10.4. The first kappa shape index (κ1) is 17.9. The van der Waals surface area contributed by atoms with E-state index in [-0.39, 0.29) is 11.9 Å². The number of nitrogens with zero attached hydrogens (tertiary/aromatic N) is 2. The van der Waals surface area contributed by atoms with E-state index in [2.05, 4.69) is 17.3 Å². The molecule has 1 fully saturated rings. The van der Waals surface area contributed by atoms with Crippen molar-refractivity contribution in [3.8, 4) is 5.75 Å². The summed E-state index contributed by atoms with van der Waals surface area (Å²) in [5.74, 6) is 3.13. The molecule has 1 aliphatic rings. The first-order chi connectivity index (χ1) is 12.1. The van der Waals surface area contributed by atoms with Crippen molar-refractivity contribution in [2.75, 3.05) is 19.4 Å². The molecule has 25 heavy (non-hydrogen) atoms. The van der Waals surface area contributed by atoms with Gasteiger partial charge in [0.15, 0.2) is 0 Å². The number of likely N-dealkylation sites (tertiary alicyclic amines) is 1. The van der Waals surface area contributed by atoms with Crippen LogP contribution in [0.2, 0.25) is 0 Å². The molecule has 1 aliphatic heterocycles. The zero-order valence-corrected chi connectivity index (χ0v) is 15.8. The lowest BCUT2D eigenvalue weighted by molar-refractivity contribution is -0.129. The molecule has 5 nitrogen and oxygen atoms in total. The Hall–Kier alpha value is -1.95. The van der Waals surface area contributed by atoms with E-state index >= 15 is 0 Å². The molecule has 1 amide bonds. The fourth-order valence-corrected chi connectivity index (χ4v) is 4.33. The number of hydrogen-bond acceptors (Lipinski definition) is 5. The maximum absolute atomic E-state index is 12.7. The van der Waals surface area contributed by atoms with Crippen LogP contribution in [0.25, 0.3) is 0 Å². The third-order valence-corrected chi connectivity index (χ3v) is 5.67. The standard InChI is InChI=1S/C19H24N2O3S/c1-13-17(14(2)24-20-13)11-25-12-19(22)21-10-4-5-18(21)15-6-8-16(23-3)9-7-15/h6-9,18H,4-5,10-12H2,1-3H3. The lowest BCUT2D eigenvalue weighted by Gasteiger charge is -2.25. The van der Waals surface area contributed by atoms with E-state index in [4.69, 9.17) is 9.26 Å². The van der Waals surface area contributed by atoms with Crippen LogP contribution in [-0.2, 0) is 10.5 Å². The van der Waals surface area contributed by atoms with Gasteiger partial charge < -0.3 is 14.2 Å². The molecular weight excluding hydrogens is 336 g/mol. The van der Waals surface area contributed by atoms with Crippen molar-refractivity contribution in [2.24, 2.45) is 0 Å². The normalized spacial score (nSPS) is 17.1. The minimum atomic E-state index is 0.179. The maximum atomic E-state index is 12.7. The molecule has 0 bridgehead atoms. The molecule has 0 N–H and O–H groups in total. The van der Waals surface area contributed by atoms with Crippen LogP contribution in [0, 0.1) is 13.8 Å². The van der Waals surface area contributed by atoms with Gasteiger partial charge in [-0.15, -0.1) is 11.8 Å². The van der Waals surface area contributed by atoms with Crippen molar-refractivity contribution >= 4 is 17.7 Å². The second kappa shape index (κ2) is 7.95. The Bertz CT molecular complexity index is 707. The molecule has 6 heteroatoms. The predicted molar refractivity (Wildman–Crippen MR) is 98.8 cm³/mol. The van der Waals surface area contributed by atoms with Crippen LogP contribution >= 0.6 is 11.8 Å². The number of methoxy groups -OCH3 is 1. The van der Waals surface area contributed by atoms with Gasteiger partial charge in [-0.1, -0.05) is 17.3 Å². The molecule has 0 aliphatic carbocycles. The largest absolute Gasteiger partial charge is 0.497 e. The first-order valence-electron chi connectivity index (χ1n) is 8.53. The molecule has 1 aromatic heterocycles. The highest BCUT2D eigenvalue weighted by molar-refractivity contribution is 7.99. The van der Waals surface area contributed by atoms with Crippen molar-refractivity contribution in [3.63, 3.8) is 0 Å². The van der Waals surface area contributed by atoms with Gasteiger partial charge in [-0.2, -0.15) is 0 Å². The Kier molecular flexibility index (Phi) is 5.68. The van der Waals surface area contributed by atoms with E-state index in [1.54, 1.807) is 18.9 Å². The fraction of sp³-hybridized carbons (Fsp3) is 0.474. The highest BCUT2D eigenvalue weighted by Crippen LogP contribution is 2.33. The number of aromatic nitrogens is 1. The highest BCUT2D eigenvalue weighted by Gasteiger charge is 2.29. The van der Waals surface area contributed by atoms with E-state index in [0.717, 1.165) is 47.9 Å². The van der Waals surface area contributed by atoms with Crippen molar-refractivity contribution in [2.45, 2.75) is 38.5 Å². The van der Waals surface area contributed by atoms with E-state index in [0.29, 0.717) is 5.75 Å². The summed E-state index contributed by atoms with van der Waals surface area (Å²) in [5.41, 5.74) is 3.20. The van der Waals surface area contributed by atoms with Gasteiger partial charge in [0.1, 0.15) is 11.5 Å². The molecule has 134 valence electrons. The number of thioether (sulfide) groups is 1. The van der Waals surface area contributed by atoms with E-state index in [1.807, 2.05) is 30.9 Å². The number of rotatable bonds is 6. The maximum Gasteiger partial charge on any atom is 0.233 e. The SMILES string of the molecule is COc1ccc(C2CCCN2C(=O)CSCc2c(C)noc2C)cc1. The molecular formula is C19H24N2O3S. The van der Waals surface area contributed by atoms with Crippen molar-refractivity contribution in [1.29, 1.82) is 0 Å². The Morgan fingerprint density at radius 2 is 2.12 bits per heavy atom. The third kappa shape index (κ3) is 4.00. The van der Waals surface area contributed by atoms with Gasteiger partial charge in [0, 0.05) is 17.9 Å². The van der Waals surface area contributed by atoms with Crippen LogP contribution in [0.15, 0.2) is 28.8 Å². The fourth-order valence-electron chi connectivity index (χ4n) is 3.27. The lowest BCUT2D eigenvalue weighted by atomic mass is 10.0. The van der Waals surface area contributed by atoms with Gasteiger partial charge in [-0.25, -0.2) is 0 Å². The van der Waals surface area contributed by atoms with E-state index in [9.17, 15) is 4.79 Å². The number of hydrogen-bond donors (Lipinski definition) is 0. The predicted octanol–water partition coefficient (Wildman–Crippen LogP) is 3.90. The molecule has 1 unspecified atom stereocenters. The number of benzene rings is 1. The second-order valence-corrected chi connectivity index (χ2v) is 7.30. The molecule has 1 aromatic carbocycles. The Balaban J connectivity index is 1.58. The van der Waals surface area contributed by atoms with Crippen LogP contribution in [0.4, 0.5) is 0 Å². The number of carbonyl (C=O) groups is 1. The summed E-state index contributed by atoms with van der Waals surface area (Å²) in [6.45, 7) is 4.69. The minimum Gasteiger partial charge on any atom is -0.497 e. The monoisotopic (exact) mass is 360 g/mol. The van der Waals surface area contributed by atoms with Crippen LogP contribution in [0.1, 0.15) is 41.5 Å². The average molecular weight is 360 g/mol. The topological polar surface area (TPSA) is 55.6 Å². The Morgan fingerprint density at radius 1 is 1.36 bits per heavy atom. The Labute approximate surface area is 152 Å². The molecule has 1 atom stereocenters. The molecule has 1 saturated heterocycles. The molecule has 2 heterocycles. The van der Waals surface area contributed by atoms with Gasteiger partial charge in [-0.05, 0) is 44.4 Å². The molecule has 3 rings (SSSR count). The highest BCUT2D eigenvalue weighted by atomic mass is 32.2. The molecule has 0 radical (unpaired) electrons. The average Bonchev–Trinajstić information content (AvgIpc) is 3.23. The van der Waals surface area contributed by atoms with Crippen molar-refractivity contribution in [1.82, 2.24) is 10.1 Å². The summed E-state index contributed by atoms with van der Waals surface area (Å²) >= 11 is 1.63. The van der Waals surface area contributed by atoms with E-state index in [1.165, 1.54) is 5.56 Å². The summed E-state index contributed by atoms with van der Waals surface area (Å²) in [6.07, 6.45) is 2.07. The number of carbonyl (C=O) groups excluding carboxylic acids is 1. The third-order valence-electron chi connectivity index (χ3n) is 4.73. The summed E-state index contributed by atoms with van der Waals surface area (Å²) in [4.78, 5) is 14.7. The number of aryl methyl sites for hydroxylation is 2. The first-order valence-corrected chi connectivity index (χ1v) is 9.68. The van der Waals surface area contributed by atoms with Gasteiger partial charge in [0.2, 0.25) is 5.91 Å². The Morgan fingerprint density at radius 3 is 2.76 bits per heavy atom. The number of amides is 1. The summed E-state index contributed by atoms with van der Waals surface area (Å²) in [5, 5.41) is 3.96. The van der Waals surface area contributed by atoms with Crippen LogP contribution in [0.3, 0.4) is 0 Å². The van der Waals surface area contributed by atoms with Crippen LogP contribution < -0.4 is 4.74 Å². The lowest BCUT2D eigenvalue weighted by Crippen LogP contribution is -2.32. The quantitative estimate of drug-likeness (QED) is 0.782. The van der Waals surface area contributed by atoms with Crippen LogP contribution in [0.5, 0.6) is 5.75 Å². The van der Waals surface area contributed by atoms with Crippen molar-refractivity contribution < 1.29 is 14.1 Å². The summed E-state index contributed by atoms with van der Waals surface area (Å²) in [6, 6.07) is 8.22. The van der Waals surface area contributed by atoms with Gasteiger partial charge >= 0.3 is 0 Å². The van der Waals surface area contributed by atoms with Crippen LogP contribution in [-0.4, -0.2) is 35.4 Å². The smallest absolute Gasteiger partial charge is 0.233 e. The number of ether oxygens (including phenoxy) is 1. The van der Waals surface area contributed by atoms with Gasteiger partial charge in [0.25, 0.3) is 0 Å². The molecule has 0 saturated carbocycles. The van der Waals surface area contributed by atoms with Gasteiger partial charge in [-0.3, -0.25) is 4.79 Å². The minimum absolute atomic E-state index is 0.179. The van der Waals surface area contributed by atoms with E-state index < -0.39 is 0 Å². The second-order valence-electron chi connectivity index (χ2n) is 6.31. The zero-order valence-electron chi connectivity index (χ0n) is 14.9. The molecule has 2 aromatic rings. The van der Waals surface area contributed by atoms with Gasteiger partial charge in [0.05, 0.1) is 24.6 Å². The molecule has 0 spiro atoms. The van der Waals surface area contributed by atoms with Crippen molar-refractivity contribution in [3.05, 3.63) is 46.8 Å². The zero-order chi connectivity index (χ0) is 17.8. The summed E-state index contributed by atoms with van der Waals surface area (Å²) in [7, 11) is 1.66.